The van der Waals surface area contributed by atoms with E-state index in [9.17, 15) is 13.6 Å². The summed E-state index contributed by atoms with van der Waals surface area (Å²) in [6.45, 7) is 1.16. The van der Waals surface area contributed by atoms with Gasteiger partial charge in [-0.3, -0.25) is 4.79 Å². The molecule has 0 saturated heterocycles. The number of aryl methyl sites for hydroxylation is 2. The van der Waals surface area contributed by atoms with Crippen molar-refractivity contribution in [2.75, 3.05) is 5.32 Å². The Balaban J connectivity index is 1.95. The Hall–Kier alpha value is -2.43. The van der Waals surface area contributed by atoms with Gasteiger partial charge >= 0.3 is 6.61 Å². The Labute approximate surface area is 127 Å². The van der Waals surface area contributed by atoms with E-state index < -0.39 is 6.61 Å². The van der Waals surface area contributed by atoms with Crippen molar-refractivity contribution in [2.24, 2.45) is 0 Å². The monoisotopic (exact) mass is 305 g/mol. The molecule has 0 unspecified atom stereocenters. The van der Waals surface area contributed by atoms with Gasteiger partial charge in [-0.15, -0.1) is 0 Å². The lowest BCUT2D eigenvalue weighted by molar-refractivity contribution is -0.115. The minimum atomic E-state index is -2.86. The number of carbonyl (C=O) groups is 1. The second-order valence-electron chi connectivity index (χ2n) is 5.05. The van der Waals surface area contributed by atoms with Crippen molar-refractivity contribution in [1.82, 2.24) is 0 Å². The number of nitrogens with one attached hydrogen (secondary N) is 1. The van der Waals surface area contributed by atoms with Crippen LogP contribution in [0.4, 0.5) is 14.5 Å². The molecule has 2 rings (SSSR count). The van der Waals surface area contributed by atoms with Gasteiger partial charge in [-0.25, -0.2) is 0 Å². The highest BCUT2D eigenvalue weighted by molar-refractivity contribution is 5.92. The number of ether oxygens (including phenoxy) is 1. The number of hydrogen-bond donors (Lipinski definition) is 1. The van der Waals surface area contributed by atoms with E-state index in [1.165, 1.54) is 29.8 Å². The zero-order chi connectivity index (χ0) is 16.1. The summed E-state index contributed by atoms with van der Waals surface area (Å²) in [5.74, 6) is -0.104. The van der Waals surface area contributed by atoms with E-state index in [1.54, 1.807) is 0 Å². The van der Waals surface area contributed by atoms with E-state index in [-0.39, 0.29) is 18.1 Å². The number of anilines is 1. The highest BCUT2D eigenvalue weighted by Crippen LogP contribution is 2.18. The molecular weight excluding hydrogens is 288 g/mol. The molecule has 1 amide bonds. The number of benzene rings is 2. The van der Waals surface area contributed by atoms with E-state index in [1.807, 2.05) is 32.0 Å². The molecule has 0 aliphatic heterocycles. The molecule has 0 bridgehead atoms. The van der Waals surface area contributed by atoms with Crippen molar-refractivity contribution in [3.05, 3.63) is 59.2 Å². The largest absolute Gasteiger partial charge is 0.435 e. The van der Waals surface area contributed by atoms with Gasteiger partial charge in [-0.2, -0.15) is 8.78 Å². The number of alkyl halides is 2. The molecule has 0 saturated carbocycles. The van der Waals surface area contributed by atoms with Crippen LogP contribution in [0.2, 0.25) is 0 Å². The summed E-state index contributed by atoms with van der Waals surface area (Å²) in [5, 5.41) is 2.72. The van der Waals surface area contributed by atoms with E-state index in [4.69, 9.17) is 0 Å². The maximum absolute atomic E-state index is 12.0. The fourth-order valence-corrected chi connectivity index (χ4v) is 2.02. The zero-order valence-corrected chi connectivity index (χ0v) is 12.4. The van der Waals surface area contributed by atoms with Crippen LogP contribution >= 0.6 is 0 Å². The summed E-state index contributed by atoms with van der Waals surface area (Å²) in [7, 11) is 0. The van der Waals surface area contributed by atoms with Gasteiger partial charge in [0.25, 0.3) is 0 Å². The summed E-state index contributed by atoms with van der Waals surface area (Å²) in [5.41, 5.74) is 3.78. The zero-order valence-electron chi connectivity index (χ0n) is 12.4. The molecule has 0 radical (unpaired) electrons. The summed E-state index contributed by atoms with van der Waals surface area (Å²) in [6.07, 6.45) is 0.260. The standard InChI is InChI=1S/C17H17F2NO2/c1-11-3-4-13(9-12(11)2)10-16(21)20-14-5-7-15(8-6-14)22-17(18)19/h3-9,17H,10H2,1-2H3,(H,20,21). The molecule has 22 heavy (non-hydrogen) atoms. The minimum absolute atomic E-state index is 0.0576. The second-order valence-corrected chi connectivity index (χ2v) is 5.05. The summed E-state index contributed by atoms with van der Waals surface area (Å²) < 4.78 is 28.3. The first-order chi connectivity index (χ1) is 10.4. The molecule has 0 fully saturated rings. The Kier molecular flexibility index (Phi) is 5.09. The molecule has 0 aliphatic rings. The maximum Gasteiger partial charge on any atom is 0.387 e. The van der Waals surface area contributed by atoms with Crippen molar-refractivity contribution in [3.63, 3.8) is 0 Å². The van der Waals surface area contributed by atoms with Crippen LogP contribution in [0.5, 0.6) is 5.75 Å². The molecule has 0 atom stereocenters. The third kappa shape index (κ3) is 4.55. The predicted molar refractivity (Wildman–Crippen MR) is 81.3 cm³/mol. The average Bonchev–Trinajstić information content (AvgIpc) is 2.44. The Morgan fingerprint density at radius 2 is 1.77 bits per heavy atom. The molecule has 3 nitrogen and oxygen atoms in total. The third-order valence-electron chi connectivity index (χ3n) is 3.30. The normalized spacial score (nSPS) is 10.6. The molecule has 0 heterocycles. The van der Waals surface area contributed by atoms with Crippen molar-refractivity contribution in [2.45, 2.75) is 26.9 Å². The smallest absolute Gasteiger partial charge is 0.387 e. The summed E-state index contributed by atoms with van der Waals surface area (Å²) >= 11 is 0. The lowest BCUT2D eigenvalue weighted by Gasteiger charge is -2.08. The number of rotatable bonds is 5. The van der Waals surface area contributed by atoms with Crippen LogP contribution in [0.1, 0.15) is 16.7 Å². The minimum Gasteiger partial charge on any atom is -0.435 e. The van der Waals surface area contributed by atoms with Crippen LogP contribution in [-0.2, 0) is 11.2 Å². The number of amides is 1. The quantitative estimate of drug-likeness (QED) is 0.903. The predicted octanol–water partition coefficient (Wildman–Crippen LogP) is 4.09. The molecule has 0 aromatic heterocycles. The first kappa shape index (κ1) is 15.9. The van der Waals surface area contributed by atoms with E-state index in [0.717, 1.165) is 11.1 Å². The number of halogens is 2. The SMILES string of the molecule is Cc1ccc(CC(=O)Nc2ccc(OC(F)F)cc2)cc1C. The third-order valence-corrected chi connectivity index (χ3v) is 3.30. The van der Waals surface area contributed by atoms with E-state index >= 15 is 0 Å². The highest BCUT2D eigenvalue weighted by Gasteiger charge is 2.07. The van der Waals surface area contributed by atoms with Crippen LogP contribution in [0.3, 0.4) is 0 Å². The van der Waals surface area contributed by atoms with Gasteiger partial charge in [-0.1, -0.05) is 18.2 Å². The van der Waals surface area contributed by atoms with Gasteiger partial charge < -0.3 is 10.1 Å². The number of hydrogen-bond acceptors (Lipinski definition) is 2. The fraction of sp³-hybridized carbons (Fsp3) is 0.235. The summed E-state index contributed by atoms with van der Waals surface area (Å²) in [6, 6.07) is 11.7. The van der Waals surface area contributed by atoms with Crippen LogP contribution in [0, 0.1) is 13.8 Å². The first-order valence-electron chi connectivity index (χ1n) is 6.85. The van der Waals surface area contributed by atoms with Crippen LogP contribution in [0.25, 0.3) is 0 Å². The van der Waals surface area contributed by atoms with E-state index in [2.05, 4.69) is 10.1 Å². The van der Waals surface area contributed by atoms with Gasteiger partial charge in [0.15, 0.2) is 0 Å². The van der Waals surface area contributed by atoms with Gasteiger partial charge in [0.1, 0.15) is 5.75 Å². The van der Waals surface area contributed by atoms with Crippen LogP contribution in [-0.4, -0.2) is 12.5 Å². The van der Waals surface area contributed by atoms with Gasteiger partial charge in [0.2, 0.25) is 5.91 Å². The lowest BCUT2D eigenvalue weighted by Crippen LogP contribution is -2.14. The molecule has 0 spiro atoms. The van der Waals surface area contributed by atoms with Crippen molar-refractivity contribution >= 4 is 11.6 Å². The van der Waals surface area contributed by atoms with Crippen molar-refractivity contribution in [1.29, 1.82) is 0 Å². The molecule has 116 valence electrons. The fourth-order valence-electron chi connectivity index (χ4n) is 2.02. The lowest BCUT2D eigenvalue weighted by atomic mass is 10.0. The van der Waals surface area contributed by atoms with Crippen LogP contribution in [0.15, 0.2) is 42.5 Å². The molecule has 5 heteroatoms. The Morgan fingerprint density at radius 3 is 2.36 bits per heavy atom. The van der Waals surface area contributed by atoms with Crippen molar-refractivity contribution in [3.8, 4) is 5.75 Å². The van der Waals surface area contributed by atoms with Crippen molar-refractivity contribution < 1.29 is 18.3 Å². The van der Waals surface area contributed by atoms with Gasteiger partial charge in [0.05, 0.1) is 6.42 Å². The molecule has 2 aromatic carbocycles. The van der Waals surface area contributed by atoms with E-state index in [0.29, 0.717) is 5.69 Å². The average molecular weight is 305 g/mol. The topological polar surface area (TPSA) is 38.3 Å². The maximum atomic E-state index is 12.0. The Bertz CT molecular complexity index is 654. The first-order valence-corrected chi connectivity index (χ1v) is 6.85. The van der Waals surface area contributed by atoms with Crippen LogP contribution < -0.4 is 10.1 Å². The number of carbonyl (C=O) groups excluding carboxylic acids is 1. The summed E-state index contributed by atoms with van der Waals surface area (Å²) in [4.78, 5) is 12.0. The Morgan fingerprint density at radius 1 is 1.09 bits per heavy atom. The molecule has 0 aliphatic carbocycles. The van der Waals surface area contributed by atoms with Gasteiger partial charge in [-0.05, 0) is 54.8 Å². The highest BCUT2D eigenvalue weighted by atomic mass is 19.3. The second kappa shape index (κ2) is 7.02. The molecule has 2 aromatic rings. The molecular formula is C17H17F2NO2. The van der Waals surface area contributed by atoms with Gasteiger partial charge in [0, 0.05) is 5.69 Å². The molecule has 1 N–H and O–H groups in total.